The number of hydrogen-bond donors (Lipinski definition) is 1. The molecule has 0 atom stereocenters. The van der Waals surface area contributed by atoms with E-state index in [0.29, 0.717) is 17.4 Å². The lowest BCUT2D eigenvalue weighted by molar-refractivity contribution is 0.0963. The largest absolute Gasteiger partial charge is 0.355 e. The standard InChI is InChI=1S/C11H15NO.C9H12.C2H6/c1-8(2)9-4-6-10(7-5-9)11(13)12-3;1-8(2)9-6-4-3-5-7-9;1-2/h4-8H,1-3H3,(H,12,13);3-8H,1-2H3;1-2H3. The Labute approximate surface area is 148 Å². The highest BCUT2D eigenvalue weighted by atomic mass is 16.1. The van der Waals surface area contributed by atoms with Crippen molar-refractivity contribution in [3.8, 4) is 0 Å². The highest BCUT2D eigenvalue weighted by molar-refractivity contribution is 5.93. The molecule has 0 bridgehead atoms. The number of rotatable bonds is 3. The molecule has 0 aromatic heterocycles. The molecule has 2 aromatic rings. The van der Waals surface area contributed by atoms with Crippen LogP contribution in [-0.4, -0.2) is 13.0 Å². The van der Waals surface area contributed by atoms with E-state index in [1.165, 1.54) is 11.1 Å². The van der Waals surface area contributed by atoms with Crippen LogP contribution >= 0.6 is 0 Å². The highest BCUT2D eigenvalue weighted by Gasteiger charge is 2.03. The lowest BCUT2D eigenvalue weighted by atomic mass is 10.0. The van der Waals surface area contributed by atoms with Crippen molar-refractivity contribution in [2.75, 3.05) is 7.05 Å². The van der Waals surface area contributed by atoms with Gasteiger partial charge in [-0.15, -0.1) is 0 Å². The number of amides is 1. The third-order valence-electron chi connectivity index (χ3n) is 3.53. The van der Waals surface area contributed by atoms with Gasteiger partial charge in [0.1, 0.15) is 0 Å². The smallest absolute Gasteiger partial charge is 0.251 e. The maximum atomic E-state index is 11.2. The van der Waals surface area contributed by atoms with Gasteiger partial charge in [-0.1, -0.05) is 84.0 Å². The van der Waals surface area contributed by atoms with E-state index in [-0.39, 0.29) is 5.91 Å². The molecule has 2 nitrogen and oxygen atoms in total. The zero-order valence-electron chi connectivity index (χ0n) is 16.3. The number of hydrogen-bond acceptors (Lipinski definition) is 1. The highest BCUT2D eigenvalue weighted by Crippen LogP contribution is 2.14. The second-order valence-corrected chi connectivity index (χ2v) is 5.92. The summed E-state index contributed by atoms with van der Waals surface area (Å²) >= 11 is 0. The molecule has 0 fully saturated rings. The maximum Gasteiger partial charge on any atom is 0.251 e. The van der Waals surface area contributed by atoms with Crippen LogP contribution in [0.4, 0.5) is 0 Å². The van der Waals surface area contributed by atoms with Crippen molar-refractivity contribution in [2.45, 2.75) is 53.4 Å². The van der Waals surface area contributed by atoms with Crippen molar-refractivity contribution in [3.63, 3.8) is 0 Å². The van der Waals surface area contributed by atoms with Crippen LogP contribution in [0, 0.1) is 0 Å². The monoisotopic (exact) mass is 327 g/mol. The van der Waals surface area contributed by atoms with Gasteiger partial charge < -0.3 is 5.32 Å². The Morgan fingerprint density at radius 1 is 0.750 bits per heavy atom. The average molecular weight is 328 g/mol. The van der Waals surface area contributed by atoms with E-state index in [9.17, 15) is 4.79 Å². The van der Waals surface area contributed by atoms with Gasteiger partial charge in [-0.3, -0.25) is 4.79 Å². The second-order valence-electron chi connectivity index (χ2n) is 5.92. The molecule has 1 N–H and O–H groups in total. The fraction of sp³-hybridized carbons (Fsp3) is 0.409. The van der Waals surface area contributed by atoms with Crippen molar-refractivity contribution < 1.29 is 4.79 Å². The molecule has 132 valence electrons. The van der Waals surface area contributed by atoms with Crippen LogP contribution in [-0.2, 0) is 0 Å². The van der Waals surface area contributed by atoms with Crippen molar-refractivity contribution in [3.05, 3.63) is 71.3 Å². The third-order valence-corrected chi connectivity index (χ3v) is 3.53. The lowest BCUT2D eigenvalue weighted by Crippen LogP contribution is -2.17. The normalized spacial score (nSPS) is 9.54. The first-order chi connectivity index (χ1) is 11.5. The Bertz CT molecular complexity index is 556. The molecule has 0 aliphatic carbocycles. The minimum absolute atomic E-state index is 0.0321. The predicted octanol–water partition coefficient (Wildman–Crippen LogP) is 6.01. The predicted molar refractivity (Wildman–Crippen MR) is 106 cm³/mol. The molecule has 0 saturated heterocycles. The SMILES string of the molecule is CC.CC(C)c1ccccc1.CNC(=O)c1ccc(C(C)C)cc1. The summed E-state index contributed by atoms with van der Waals surface area (Å²) in [4.78, 5) is 11.2. The summed E-state index contributed by atoms with van der Waals surface area (Å²) in [5.41, 5.74) is 3.39. The Balaban J connectivity index is 0.000000420. The molecular formula is C22H33NO. The third kappa shape index (κ3) is 7.96. The first-order valence-corrected chi connectivity index (χ1v) is 8.82. The van der Waals surface area contributed by atoms with Crippen LogP contribution < -0.4 is 5.32 Å². The summed E-state index contributed by atoms with van der Waals surface area (Å²) in [5, 5.41) is 2.59. The summed E-state index contributed by atoms with van der Waals surface area (Å²) in [6, 6.07) is 18.2. The van der Waals surface area contributed by atoms with Gasteiger partial charge in [0, 0.05) is 12.6 Å². The summed E-state index contributed by atoms with van der Waals surface area (Å²) in [6.07, 6.45) is 0. The van der Waals surface area contributed by atoms with Gasteiger partial charge in [-0.25, -0.2) is 0 Å². The van der Waals surface area contributed by atoms with E-state index in [1.807, 2.05) is 44.2 Å². The van der Waals surface area contributed by atoms with Gasteiger partial charge in [0.15, 0.2) is 0 Å². The number of carbonyl (C=O) groups is 1. The Hall–Kier alpha value is -2.09. The fourth-order valence-electron chi connectivity index (χ4n) is 2.00. The van der Waals surface area contributed by atoms with Crippen LogP contribution in [0.2, 0.25) is 0 Å². The first-order valence-electron chi connectivity index (χ1n) is 8.82. The molecule has 2 rings (SSSR count). The molecule has 0 saturated carbocycles. The van der Waals surface area contributed by atoms with Crippen LogP contribution in [0.5, 0.6) is 0 Å². The fourth-order valence-corrected chi connectivity index (χ4v) is 2.00. The maximum absolute atomic E-state index is 11.2. The van der Waals surface area contributed by atoms with Gasteiger partial charge >= 0.3 is 0 Å². The van der Waals surface area contributed by atoms with E-state index in [2.05, 4.69) is 57.3 Å². The van der Waals surface area contributed by atoms with Gasteiger partial charge in [0.05, 0.1) is 0 Å². The molecular weight excluding hydrogens is 294 g/mol. The summed E-state index contributed by atoms with van der Waals surface area (Å²) in [7, 11) is 1.64. The van der Waals surface area contributed by atoms with Crippen LogP contribution in [0.25, 0.3) is 0 Å². The molecule has 0 aliphatic heterocycles. The minimum Gasteiger partial charge on any atom is -0.355 e. The molecule has 0 spiro atoms. The summed E-state index contributed by atoms with van der Waals surface area (Å²) in [6.45, 7) is 12.7. The van der Waals surface area contributed by atoms with Gasteiger partial charge in [-0.2, -0.15) is 0 Å². The second kappa shape index (κ2) is 12.3. The molecule has 0 radical (unpaired) electrons. The lowest BCUT2D eigenvalue weighted by Gasteiger charge is -2.05. The summed E-state index contributed by atoms with van der Waals surface area (Å²) < 4.78 is 0. The Kier molecular flexibility index (Phi) is 11.3. The molecule has 1 amide bonds. The quantitative estimate of drug-likeness (QED) is 0.735. The summed E-state index contributed by atoms with van der Waals surface area (Å²) in [5.74, 6) is 1.14. The van der Waals surface area contributed by atoms with E-state index in [4.69, 9.17) is 0 Å². The zero-order valence-corrected chi connectivity index (χ0v) is 16.3. The van der Waals surface area contributed by atoms with Crippen molar-refractivity contribution >= 4 is 5.91 Å². The van der Waals surface area contributed by atoms with E-state index < -0.39 is 0 Å². The molecule has 0 heterocycles. The van der Waals surface area contributed by atoms with Gasteiger partial charge in [0.2, 0.25) is 0 Å². The topological polar surface area (TPSA) is 29.1 Å². The van der Waals surface area contributed by atoms with Crippen LogP contribution in [0.1, 0.15) is 74.9 Å². The molecule has 2 aromatic carbocycles. The molecule has 0 unspecified atom stereocenters. The molecule has 0 aliphatic rings. The van der Waals surface area contributed by atoms with Crippen molar-refractivity contribution in [1.29, 1.82) is 0 Å². The van der Waals surface area contributed by atoms with Gasteiger partial charge in [0.25, 0.3) is 5.91 Å². The average Bonchev–Trinajstić information content (AvgIpc) is 2.64. The van der Waals surface area contributed by atoms with E-state index >= 15 is 0 Å². The molecule has 2 heteroatoms. The Morgan fingerprint density at radius 2 is 1.17 bits per heavy atom. The van der Waals surface area contributed by atoms with Crippen LogP contribution in [0.15, 0.2) is 54.6 Å². The first kappa shape index (κ1) is 21.9. The van der Waals surface area contributed by atoms with Crippen molar-refractivity contribution in [1.82, 2.24) is 5.32 Å². The molecule has 24 heavy (non-hydrogen) atoms. The van der Waals surface area contributed by atoms with E-state index in [1.54, 1.807) is 7.05 Å². The minimum atomic E-state index is -0.0321. The van der Waals surface area contributed by atoms with E-state index in [0.717, 1.165) is 0 Å². The van der Waals surface area contributed by atoms with Crippen LogP contribution in [0.3, 0.4) is 0 Å². The van der Waals surface area contributed by atoms with Crippen molar-refractivity contribution in [2.24, 2.45) is 0 Å². The zero-order chi connectivity index (χ0) is 18.5. The van der Waals surface area contributed by atoms with Gasteiger partial charge in [-0.05, 0) is 35.1 Å². The number of benzene rings is 2. The number of carbonyl (C=O) groups excluding carboxylic acids is 1. The number of nitrogens with one attached hydrogen (secondary N) is 1. The Morgan fingerprint density at radius 3 is 1.50 bits per heavy atom.